The quantitative estimate of drug-likeness (QED) is 0.317. The van der Waals surface area contributed by atoms with Crippen molar-refractivity contribution in [1.82, 2.24) is 15.6 Å². The number of hydrogen-bond acceptors (Lipinski definition) is 4. The Kier molecular flexibility index (Phi) is 8.88. The first-order valence-electron chi connectivity index (χ1n) is 9.49. The zero-order chi connectivity index (χ0) is 19.1. The van der Waals surface area contributed by atoms with E-state index < -0.39 is 0 Å². The fourth-order valence-corrected chi connectivity index (χ4v) is 4.14. The van der Waals surface area contributed by atoms with Crippen molar-refractivity contribution in [3.63, 3.8) is 0 Å². The molecule has 28 heavy (non-hydrogen) atoms. The number of anilines is 1. The molecule has 3 rings (SSSR count). The van der Waals surface area contributed by atoms with Crippen LogP contribution in [0.4, 0.5) is 5.82 Å². The Labute approximate surface area is 189 Å². The van der Waals surface area contributed by atoms with Crippen molar-refractivity contribution in [1.29, 1.82) is 0 Å². The molecule has 1 aliphatic rings. The molecule has 0 saturated heterocycles. The fraction of sp³-hybridized carbons (Fsp3) is 0.429. The van der Waals surface area contributed by atoms with Crippen LogP contribution in [0.3, 0.4) is 0 Å². The van der Waals surface area contributed by atoms with Gasteiger partial charge in [-0.3, -0.25) is 0 Å². The molecular formula is C21H30IN5S. The molecule has 1 heterocycles. The molecule has 1 saturated carbocycles. The standard InChI is InChI=1S/C21H29N5S.HI/c1-4-22-20(24-15-17-9-8-14-23-19(17)26(2)3)25-16-21(12-13-21)27-18-10-6-5-7-11-18;/h5-11,14H,4,12-13,15-16H2,1-3H3,(H2,22,24,25);1H. The minimum atomic E-state index is 0. The molecule has 2 N–H and O–H groups in total. The van der Waals surface area contributed by atoms with E-state index in [1.54, 1.807) is 0 Å². The lowest BCUT2D eigenvalue weighted by molar-refractivity contribution is 0.768. The second kappa shape index (κ2) is 10.9. The molecule has 5 nitrogen and oxygen atoms in total. The average molecular weight is 511 g/mol. The molecule has 0 amide bonds. The van der Waals surface area contributed by atoms with Crippen molar-refractivity contribution in [2.75, 3.05) is 32.1 Å². The molecule has 0 unspecified atom stereocenters. The third-order valence-corrected chi connectivity index (χ3v) is 6.00. The van der Waals surface area contributed by atoms with Crippen LogP contribution in [-0.4, -0.2) is 42.9 Å². The zero-order valence-corrected chi connectivity index (χ0v) is 20.0. The maximum Gasteiger partial charge on any atom is 0.191 e. The number of aromatic nitrogens is 1. The lowest BCUT2D eigenvalue weighted by Gasteiger charge is -2.19. The number of aliphatic imine (C=N–C) groups is 1. The minimum Gasteiger partial charge on any atom is -0.362 e. The Morgan fingerprint density at radius 1 is 1.14 bits per heavy atom. The summed E-state index contributed by atoms with van der Waals surface area (Å²) in [7, 11) is 4.02. The van der Waals surface area contributed by atoms with Crippen LogP contribution in [0.1, 0.15) is 25.3 Å². The third-order valence-electron chi connectivity index (χ3n) is 4.51. The highest BCUT2D eigenvalue weighted by atomic mass is 127. The van der Waals surface area contributed by atoms with Crippen molar-refractivity contribution in [3.05, 3.63) is 54.2 Å². The summed E-state index contributed by atoms with van der Waals surface area (Å²) in [6.07, 6.45) is 4.31. The number of thioether (sulfide) groups is 1. The predicted octanol–water partition coefficient (Wildman–Crippen LogP) is 4.15. The number of rotatable bonds is 8. The van der Waals surface area contributed by atoms with E-state index in [0.29, 0.717) is 11.3 Å². The van der Waals surface area contributed by atoms with E-state index in [4.69, 9.17) is 4.99 Å². The Balaban J connectivity index is 0.00000280. The van der Waals surface area contributed by atoms with E-state index in [2.05, 4.69) is 58.9 Å². The van der Waals surface area contributed by atoms with E-state index in [1.165, 1.54) is 17.7 Å². The van der Waals surface area contributed by atoms with Crippen molar-refractivity contribution in [2.45, 2.75) is 36.0 Å². The molecule has 1 aliphatic carbocycles. The summed E-state index contributed by atoms with van der Waals surface area (Å²) in [6.45, 7) is 4.47. The first kappa shape index (κ1) is 22.8. The molecule has 1 fully saturated rings. The van der Waals surface area contributed by atoms with Crippen molar-refractivity contribution < 1.29 is 0 Å². The third kappa shape index (κ3) is 6.55. The predicted molar refractivity (Wildman–Crippen MR) is 131 cm³/mol. The highest BCUT2D eigenvalue weighted by molar-refractivity contribution is 14.0. The van der Waals surface area contributed by atoms with Crippen LogP contribution in [0.15, 0.2) is 58.5 Å². The topological polar surface area (TPSA) is 52.6 Å². The Bertz CT molecular complexity index is 762. The van der Waals surface area contributed by atoms with Gasteiger partial charge in [-0.05, 0) is 38.0 Å². The first-order chi connectivity index (χ1) is 13.1. The highest BCUT2D eigenvalue weighted by Crippen LogP contribution is 2.51. The molecule has 7 heteroatoms. The normalized spacial score (nSPS) is 14.8. The minimum absolute atomic E-state index is 0. The molecule has 152 valence electrons. The summed E-state index contributed by atoms with van der Waals surface area (Å²) in [4.78, 5) is 12.6. The van der Waals surface area contributed by atoms with Gasteiger partial charge in [0.25, 0.3) is 0 Å². The summed E-state index contributed by atoms with van der Waals surface area (Å²) in [5.41, 5.74) is 1.12. The van der Waals surface area contributed by atoms with Crippen molar-refractivity contribution in [3.8, 4) is 0 Å². The van der Waals surface area contributed by atoms with Gasteiger partial charge in [-0.25, -0.2) is 9.98 Å². The summed E-state index contributed by atoms with van der Waals surface area (Å²) >= 11 is 1.98. The SMILES string of the molecule is CCNC(=NCc1cccnc1N(C)C)NCC1(Sc2ccccc2)CC1.I. The lowest BCUT2D eigenvalue weighted by atomic mass is 10.2. The summed E-state index contributed by atoms with van der Waals surface area (Å²) < 4.78 is 0.292. The van der Waals surface area contributed by atoms with E-state index in [0.717, 1.165) is 30.4 Å². The number of benzene rings is 1. The molecule has 1 aromatic carbocycles. The van der Waals surface area contributed by atoms with Gasteiger partial charge in [0.1, 0.15) is 5.82 Å². The van der Waals surface area contributed by atoms with Gasteiger partial charge < -0.3 is 15.5 Å². The largest absolute Gasteiger partial charge is 0.362 e. The van der Waals surface area contributed by atoms with Gasteiger partial charge in [-0.2, -0.15) is 0 Å². The monoisotopic (exact) mass is 511 g/mol. The zero-order valence-electron chi connectivity index (χ0n) is 16.8. The summed E-state index contributed by atoms with van der Waals surface area (Å²) in [5.74, 6) is 1.83. The van der Waals surface area contributed by atoms with Gasteiger partial charge >= 0.3 is 0 Å². The van der Waals surface area contributed by atoms with Crippen LogP contribution in [0.2, 0.25) is 0 Å². The molecule has 1 aromatic heterocycles. The van der Waals surface area contributed by atoms with Gasteiger partial charge in [0.05, 0.1) is 6.54 Å². The van der Waals surface area contributed by atoms with Crippen LogP contribution < -0.4 is 15.5 Å². The number of nitrogens with zero attached hydrogens (tertiary/aromatic N) is 3. The summed E-state index contributed by atoms with van der Waals surface area (Å²) in [5, 5.41) is 6.91. The van der Waals surface area contributed by atoms with Gasteiger partial charge in [0, 0.05) is 48.6 Å². The van der Waals surface area contributed by atoms with Gasteiger partial charge in [0.15, 0.2) is 5.96 Å². The molecule has 0 bridgehead atoms. The number of pyridine rings is 1. The maximum absolute atomic E-state index is 4.78. The van der Waals surface area contributed by atoms with E-state index in [9.17, 15) is 0 Å². The smallest absolute Gasteiger partial charge is 0.191 e. The van der Waals surface area contributed by atoms with E-state index >= 15 is 0 Å². The Morgan fingerprint density at radius 3 is 2.54 bits per heavy atom. The number of hydrogen-bond donors (Lipinski definition) is 2. The Hall–Kier alpha value is -1.48. The lowest BCUT2D eigenvalue weighted by Crippen LogP contribution is -2.41. The van der Waals surface area contributed by atoms with Crippen LogP contribution in [0.5, 0.6) is 0 Å². The Morgan fingerprint density at radius 2 is 1.89 bits per heavy atom. The van der Waals surface area contributed by atoms with Crippen LogP contribution in [0, 0.1) is 0 Å². The maximum atomic E-state index is 4.78. The van der Waals surface area contributed by atoms with Gasteiger partial charge in [-0.1, -0.05) is 24.3 Å². The molecule has 0 aliphatic heterocycles. The van der Waals surface area contributed by atoms with Crippen LogP contribution in [-0.2, 0) is 6.54 Å². The van der Waals surface area contributed by atoms with E-state index in [-0.39, 0.29) is 24.0 Å². The molecule has 0 atom stereocenters. The fourth-order valence-electron chi connectivity index (χ4n) is 2.90. The average Bonchev–Trinajstić information content (AvgIpc) is 3.44. The molecule has 2 aromatic rings. The van der Waals surface area contributed by atoms with Crippen LogP contribution >= 0.6 is 35.7 Å². The van der Waals surface area contributed by atoms with Crippen molar-refractivity contribution >= 4 is 47.5 Å². The van der Waals surface area contributed by atoms with E-state index in [1.807, 2.05) is 43.0 Å². The molecule has 0 spiro atoms. The highest BCUT2D eigenvalue weighted by Gasteiger charge is 2.43. The number of nitrogens with one attached hydrogen (secondary N) is 2. The second-order valence-electron chi connectivity index (χ2n) is 7.03. The number of halogens is 1. The van der Waals surface area contributed by atoms with Crippen LogP contribution in [0.25, 0.3) is 0 Å². The van der Waals surface area contributed by atoms with Gasteiger partial charge in [-0.15, -0.1) is 35.7 Å². The van der Waals surface area contributed by atoms with Gasteiger partial charge in [0.2, 0.25) is 0 Å². The first-order valence-corrected chi connectivity index (χ1v) is 10.3. The molecular weight excluding hydrogens is 481 g/mol. The number of guanidine groups is 1. The molecule has 0 radical (unpaired) electrons. The second-order valence-corrected chi connectivity index (χ2v) is 8.57. The van der Waals surface area contributed by atoms with Crippen molar-refractivity contribution in [2.24, 2.45) is 4.99 Å². The summed E-state index contributed by atoms with van der Waals surface area (Å²) in [6, 6.07) is 14.7.